The van der Waals surface area contributed by atoms with Gasteiger partial charge in [0.15, 0.2) is 0 Å². The van der Waals surface area contributed by atoms with Gasteiger partial charge in [0.2, 0.25) is 11.8 Å². The molecule has 2 aromatic carbocycles. The van der Waals surface area contributed by atoms with Crippen molar-refractivity contribution in [2.24, 2.45) is 11.8 Å². The quantitative estimate of drug-likeness (QED) is 0.108. The minimum absolute atomic E-state index is 0.351. The minimum Gasteiger partial charge on any atom is -0.496 e. The summed E-state index contributed by atoms with van der Waals surface area (Å²) in [6, 6.07) is 16.5. The number of carbonyl (C=O) groups is 2. The average molecular weight is 719 g/mol. The summed E-state index contributed by atoms with van der Waals surface area (Å²) in [7, 11) is 3.47. The molecule has 2 heterocycles. The molecule has 0 saturated carbocycles. The number of methoxy groups -OCH3 is 2. The third-order valence-electron chi connectivity index (χ3n) is 11.7. The zero-order valence-electron chi connectivity index (χ0n) is 33.2. The summed E-state index contributed by atoms with van der Waals surface area (Å²) < 4.78 is 11.1. The normalized spacial score (nSPS) is 15.8. The highest BCUT2D eigenvalue weighted by Crippen LogP contribution is 2.29. The van der Waals surface area contributed by atoms with Crippen LogP contribution in [0, 0.1) is 11.8 Å². The zero-order chi connectivity index (χ0) is 37.0. The first-order valence-electron chi connectivity index (χ1n) is 20.7. The van der Waals surface area contributed by atoms with E-state index in [0.29, 0.717) is 24.7 Å². The number of hydrogen-bond acceptors (Lipinski definition) is 6. The number of carbonyl (C=O) groups excluding carboxylic acids is 2. The lowest BCUT2D eigenvalue weighted by Crippen LogP contribution is -2.39. The van der Waals surface area contributed by atoms with Crippen LogP contribution in [0.15, 0.2) is 48.5 Å². The first-order chi connectivity index (χ1) is 25.4. The third kappa shape index (κ3) is 14.0. The van der Waals surface area contributed by atoms with Crippen LogP contribution in [0.2, 0.25) is 0 Å². The summed E-state index contributed by atoms with van der Waals surface area (Å²) in [5.41, 5.74) is 2.47. The average Bonchev–Trinajstić information content (AvgIpc) is 3.19. The number of piperidine rings is 2. The fourth-order valence-corrected chi connectivity index (χ4v) is 8.15. The van der Waals surface area contributed by atoms with Crippen LogP contribution in [0.5, 0.6) is 11.5 Å². The number of rotatable bonds is 23. The van der Waals surface area contributed by atoms with Gasteiger partial charge in [0, 0.05) is 63.2 Å². The Balaban J connectivity index is 0.997. The lowest BCUT2D eigenvalue weighted by Gasteiger charge is -2.35. The van der Waals surface area contributed by atoms with Gasteiger partial charge in [-0.15, -0.1) is 0 Å². The van der Waals surface area contributed by atoms with Gasteiger partial charge >= 0.3 is 0 Å². The molecule has 2 fully saturated rings. The molecule has 2 aromatic rings. The Morgan fingerprint density at radius 2 is 0.981 bits per heavy atom. The molecule has 290 valence electrons. The molecule has 2 aliphatic heterocycles. The van der Waals surface area contributed by atoms with Crippen molar-refractivity contribution in [1.29, 1.82) is 0 Å². The Morgan fingerprint density at radius 3 is 1.35 bits per heavy atom. The molecule has 0 bridgehead atoms. The van der Waals surface area contributed by atoms with Crippen LogP contribution < -0.4 is 9.47 Å². The van der Waals surface area contributed by atoms with E-state index in [2.05, 4.69) is 57.7 Å². The number of hydrogen-bond donors (Lipinski definition) is 0. The molecule has 2 amide bonds. The summed E-state index contributed by atoms with van der Waals surface area (Å²) in [5.74, 6) is 4.10. The predicted molar refractivity (Wildman–Crippen MR) is 213 cm³/mol. The summed E-state index contributed by atoms with van der Waals surface area (Å²) in [6.45, 7) is 14.1. The number of unbranched alkanes of at least 4 members (excludes halogenated alkanes) is 4. The second-order valence-electron chi connectivity index (χ2n) is 15.2. The van der Waals surface area contributed by atoms with Crippen LogP contribution in [-0.2, 0) is 22.7 Å². The highest BCUT2D eigenvalue weighted by molar-refractivity contribution is 5.76. The Bertz CT molecular complexity index is 1210. The van der Waals surface area contributed by atoms with Crippen molar-refractivity contribution in [2.45, 2.75) is 117 Å². The largest absolute Gasteiger partial charge is 0.496 e. The van der Waals surface area contributed by atoms with Gasteiger partial charge in [-0.05, 0) is 102 Å². The molecule has 0 unspecified atom stereocenters. The second-order valence-corrected chi connectivity index (χ2v) is 15.2. The monoisotopic (exact) mass is 719 g/mol. The SMILES string of the molecule is CCN(CCCCCC(=O)N1CCC(CCC2CCN(C(=O)CCCCCN(CC)Cc3ccccc3OC)CC2)CC1)Cc1ccccc1OC. The van der Waals surface area contributed by atoms with E-state index in [1.54, 1.807) is 14.2 Å². The molecule has 0 atom stereocenters. The number of benzene rings is 2. The van der Waals surface area contributed by atoms with Crippen molar-refractivity contribution in [3.63, 3.8) is 0 Å². The molecule has 52 heavy (non-hydrogen) atoms. The zero-order valence-corrected chi connectivity index (χ0v) is 33.2. The fourth-order valence-electron chi connectivity index (χ4n) is 8.15. The fraction of sp³-hybridized carbons (Fsp3) is 0.682. The van der Waals surface area contributed by atoms with E-state index in [1.165, 1.54) is 24.0 Å². The van der Waals surface area contributed by atoms with Crippen LogP contribution in [0.25, 0.3) is 0 Å². The first-order valence-corrected chi connectivity index (χ1v) is 20.7. The second kappa shape index (κ2) is 23.5. The predicted octanol–water partition coefficient (Wildman–Crippen LogP) is 8.43. The number of para-hydroxylation sites is 2. The van der Waals surface area contributed by atoms with E-state index in [0.717, 1.165) is 153 Å². The van der Waals surface area contributed by atoms with Crippen molar-refractivity contribution in [3.05, 3.63) is 59.7 Å². The summed E-state index contributed by atoms with van der Waals surface area (Å²) in [6.07, 6.45) is 14.9. The molecule has 4 rings (SSSR count). The van der Waals surface area contributed by atoms with Gasteiger partial charge in [-0.2, -0.15) is 0 Å². The van der Waals surface area contributed by atoms with Crippen molar-refractivity contribution < 1.29 is 19.1 Å². The highest BCUT2D eigenvalue weighted by Gasteiger charge is 2.26. The van der Waals surface area contributed by atoms with Gasteiger partial charge in [0.1, 0.15) is 11.5 Å². The molecule has 0 aliphatic carbocycles. The number of amides is 2. The van der Waals surface area contributed by atoms with Gasteiger partial charge in [-0.25, -0.2) is 0 Å². The molecule has 8 nitrogen and oxygen atoms in total. The van der Waals surface area contributed by atoms with Crippen molar-refractivity contribution >= 4 is 11.8 Å². The molecule has 0 spiro atoms. The van der Waals surface area contributed by atoms with Gasteiger partial charge in [-0.3, -0.25) is 19.4 Å². The Kier molecular flexibility index (Phi) is 18.9. The van der Waals surface area contributed by atoms with Crippen LogP contribution >= 0.6 is 0 Å². The number of likely N-dealkylation sites (tertiary alicyclic amines) is 2. The molecule has 0 radical (unpaired) electrons. The molecule has 2 saturated heterocycles. The van der Waals surface area contributed by atoms with Crippen LogP contribution in [0.4, 0.5) is 0 Å². The maximum atomic E-state index is 12.9. The summed E-state index contributed by atoms with van der Waals surface area (Å²) >= 11 is 0. The first kappa shape index (κ1) is 41.7. The van der Waals surface area contributed by atoms with Crippen LogP contribution in [0.3, 0.4) is 0 Å². The standard InChI is InChI=1S/C44H70N4O4/c1-5-45(35-39-17-11-13-19-41(39)51-3)29-15-7-9-21-43(49)47-31-25-37(26-32-47)23-24-38-27-33-48(34-28-38)44(50)22-10-8-16-30-46(6-2)36-40-18-12-14-20-42(40)52-4/h11-14,17-20,37-38H,5-10,15-16,21-36H2,1-4H3. The molecule has 0 aromatic heterocycles. The lowest BCUT2D eigenvalue weighted by molar-refractivity contribution is -0.133. The Morgan fingerprint density at radius 1 is 0.596 bits per heavy atom. The maximum Gasteiger partial charge on any atom is 0.222 e. The van der Waals surface area contributed by atoms with E-state index in [-0.39, 0.29) is 0 Å². The summed E-state index contributed by atoms with van der Waals surface area (Å²) in [4.78, 5) is 35.1. The molecule has 8 heteroatoms. The molecular formula is C44H70N4O4. The van der Waals surface area contributed by atoms with Gasteiger partial charge in [-0.1, -0.05) is 75.9 Å². The Labute approximate surface area is 316 Å². The Hall–Kier alpha value is -3.10. The summed E-state index contributed by atoms with van der Waals surface area (Å²) in [5, 5.41) is 0. The van der Waals surface area contributed by atoms with E-state index in [1.807, 2.05) is 24.3 Å². The topological polar surface area (TPSA) is 65.6 Å². The van der Waals surface area contributed by atoms with Crippen molar-refractivity contribution in [1.82, 2.24) is 19.6 Å². The molecule has 2 aliphatic rings. The maximum absolute atomic E-state index is 12.9. The van der Waals surface area contributed by atoms with Crippen LogP contribution in [-0.4, -0.2) is 98.0 Å². The molecule has 0 N–H and O–H groups in total. The van der Waals surface area contributed by atoms with Gasteiger partial charge < -0.3 is 19.3 Å². The van der Waals surface area contributed by atoms with E-state index < -0.39 is 0 Å². The van der Waals surface area contributed by atoms with Gasteiger partial charge in [0.25, 0.3) is 0 Å². The van der Waals surface area contributed by atoms with E-state index in [9.17, 15) is 9.59 Å². The minimum atomic E-state index is 0.351. The van der Waals surface area contributed by atoms with E-state index in [4.69, 9.17) is 9.47 Å². The van der Waals surface area contributed by atoms with Crippen molar-refractivity contribution in [3.8, 4) is 11.5 Å². The van der Waals surface area contributed by atoms with E-state index >= 15 is 0 Å². The molecular weight excluding hydrogens is 649 g/mol. The van der Waals surface area contributed by atoms with Gasteiger partial charge in [0.05, 0.1) is 14.2 Å². The van der Waals surface area contributed by atoms with Crippen molar-refractivity contribution in [2.75, 3.05) is 66.6 Å². The van der Waals surface area contributed by atoms with Crippen LogP contribution in [0.1, 0.15) is 115 Å². The highest BCUT2D eigenvalue weighted by atomic mass is 16.5. The lowest BCUT2D eigenvalue weighted by atomic mass is 9.85. The number of ether oxygens (including phenoxy) is 2. The third-order valence-corrected chi connectivity index (χ3v) is 11.7. The smallest absolute Gasteiger partial charge is 0.222 e. The number of nitrogens with zero attached hydrogens (tertiary/aromatic N) is 4.